The van der Waals surface area contributed by atoms with Gasteiger partial charge in [-0.3, -0.25) is 0 Å². The maximum absolute atomic E-state index is 12.6. The zero-order valence-electron chi connectivity index (χ0n) is 13.5. The molecule has 0 unspecified atom stereocenters. The Morgan fingerprint density at radius 2 is 1.09 bits per heavy atom. The molecular weight excluding hydrogens is 315 g/mol. The second-order valence-corrected chi connectivity index (χ2v) is 8.26. The predicted octanol–water partition coefficient (Wildman–Crippen LogP) is 4.07. The van der Waals surface area contributed by atoms with Crippen LogP contribution >= 0.6 is 7.14 Å². The first kappa shape index (κ1) is 17.2. The Kier molecular flexibility index (Phi) is 5.94. The summed E-state index contributed by atoms with van der Waals surface area (Å²) in [5, 5.41) is 0. The van der Waals surface area contributed by atoms with E-state index in [1.807, 2.05) is 24.3 Å². The van der Waals surface area contributed by atoms with E-state index in [1.165, 1.54) is 0 Å². The van der Waals surface area contributed by atoms with Gasteiger partial charge >= 0.3 is 0 Å². The molecule has 0 N–H and O–H groups in total. The third-order valence-electron chi connectivity index (χ3n) is 3.12. The molecule has 0 fully saturated rings. The second-order valence-electron chi connectivity index (χ2n) is 5.15. The van der Waals surface area contributed by atoms with Crippen molar-refractivity contribution in [3.8, 4) is 23.0 Å². The van der Waals surface area contributed by atoms with Crippen LogP contribution in [0.4, 0.5) is 0 Å². The van der Waals surface area contributed by atoms with Gasteiger partial charge < -0.3 is 23.5 Å². The molecule has 5 nitrogen and oxygen atoms in total. The number of para-hydroxylation sites is 4. The summed E-state index contributed by atoms with van der Waals surface area (Å²) in [6.07, 6.45) is 0.144. The Morgan fingerprint density at radius 3 is 1.43 bits per heavy atom. The van der Waals surface area contributed by atoms with E-state index in [2.05, 4.69) is 0 Å². The fraction of sp³-hybridized carbons (Fsp3) is 0.294. The Morgan fingerprint density at radius 1 is 0.739 bits per heavy atom. The number of rotatable bonds is 8. The summed E-state index contributed by atoms with van der Waals surface area (Å²) >= 11 is 0. The van der Waals surface area contributed by atoms with Crippen LogP contribution in [0, 0.1) is 0 Å². The van der Waals surface area contributed by atoms with Crippen LogP contribution in [0.1, 0.15) is 0 Å². The van der Waals surface area contributed by atoms with E-state index in [9.17, 15) is 4.57 Å². The van der Waals surface area contributed by atoms with Gasteiger partial charge in [0.1, 0.15) is 12.7 Å². The van der Waals surface area contributed by atoms with Crippen molar-refractivity contribution >= 4 is 7.14 Å². The maximum atomic E-state index is 12.6. The highest BCUT2D eigenvalue weighted by atomic mass is 31.2. The molecule has 0 heterocycles. The lowest BCUT2D eigenvalue weighted by atomic mass is 10.3. The molecule has 0 aliphatic rings. The third-order valence-corrected chi connectivity index (χ3v) is 4.47. The molecule has 0 saturated carbocycles. The number of hydrogen-bond acceptors (Lipinski definition) is 5. The molecule has 6 heteroatoms. The van der Waals surface area contributed by atoms with Gasteiger partial charge in [0.25, 0.3) is 0 Å². The molecule has 0 amide bonds. The first-order valence-corrected chi connectivity index (χ1v) is 9.65. The molecule has 0 bridgehead atoms. The summed E-state index contributed by atoms with van der Waals surface area (Å²) in [6.45, 7) is 1.65. The Balaban J connectivity index is 1.95. The quantitative estimate of drug-likeness (QED) is 0.680. The number of benzene rings is 2. The van der Waals surface area contributed by atoms with Crippen LogP contribution in [0.2, 0.25) is 0 Å². The van der Waals surface area contributed by atoms with Crippen LogP contribution in [0.5, 0.6) is 23.0 Å². The van der Waals surface area contributed by atoms with Gasteiger partial charge in [0.05, 0.1) is 14.2 Å². The molecule has 0 radical (unpaired) electrons. The molecule has 124 valence electrons. The molecule has 2 rings (SSSR count). The normalized spacial score (nSPS) is 10.9. The summed E-state index contributed by atoms with van der Waals surface area (Å²) in [4.78, 5) is 0. The zero-order chi connectivity index (χ0) is 16.7. The average Bonchev–Trinajstić information content (AvgIpc) is 2.59. The van der Waals surface area contributed by atoms with Crippen molar-refractivity contribution < 1.29 is 23.5 Å². The van der Waals surface area contributed by atoms with Crippen molar-refractivity contribution in [2.45, 2.75) is 0 Å². The van der Waals surface area contributed by atoms with E-state index in [0.29, 0.717) is 23.0 Å². The lowest BCUT2D eigenvalue weighted by Crippen LogP contribution is -2.07. The van der Waals surface area contributed by atoms with Crippen LogP contribution in [-0.2, 0) is 4.57 Å². The highest BCUT2D eigenvalue weighted by Crippen LogP contribution is 2.43. The van der Waals surface area contributed by atoms with Gasteiger partial charge in [0.2, 0.25) is 0 Å². The lowest BCUT2D eigenvalue weighted by Gasteiger charge is -2.17. The summed E-state index contributed by atoms with van der Waals surface area (Å²) in [5.74, 6) is 2.35. The highest BCUT2D eigenvalue weighted by molar-refractivity contribution is 7.62. The molecule has 0 saturated heterocycles. The van der Waals surface area contributed by atoms with Crippen molar-refractivity contribution in [1.82, 2.24) is 0 Å². The Labute approximate surface area is 136 Å². The first-order chi connectivity index (χ1) is 11.1. The monoisotopic (exact) mass is 336 g/mol. The minimum Gasteiger partial charge on any atom is -0.493 e. The largest absolute Gasteiger partial charge is 0.493 e. The van der Waals surface area contributed by atoms with Crippen molar-refractivity contribution in [1.29, 1.82) is 0 Å². The zero-order valence-corrected chi connectivity index (χ0v) is 14.4. The topological polar surface area (TPSA) is 54.0 Å². The van der Waals surface area contributed by atoms with Crippen molar-refractivity contribution in [3.05, 3.63) is 48.5 Å². The summed E-state index contributed by atoms with van der Waals surface area (Å²) in [6, 6.07) is 14.5. The summed E-state index contributed by atoms with van der Waals surface area (Å²) < 4.78 is 34.3. The Hall–Kier alpha value is -2.13. The second kappa shape index (κ2) is 7.93. The Bertz CT molecular complexity index is 631. The van der Waals surface area contributed by atoms with E-state index in [0.717, 1.165) is 0 Å². The third kappa shape index (κ3) is 4.93. The molecule has 0 spiro atoms. The van der Waals surface area contributed by atoms with E-state index in [1.54, 1.807) is 45.1 Å². The van der Waals surface area contributed by atoms with Gasteiger partial charge in [-0.05, 0) is 30.9 Å². The van der Waals surface area contributed by atoms with E-state index >= 15 is 0 Å². The van der Waals surface area contributed by atoms with E-state index < -0.39 is 7.14 Å². The van der Waals surface area contributed by atoms with Crippen molar-refractivity contribution in [3.63, 3.8) is 0 Å². The number of hydrogen-bond donors (Lipinski definition) is 0. The van der Waals surface area contributed by atoms with Gasteiger partial charge in [-0.2, -0.15) is 0 Å². The smallest absolute Gasteiger partial charge is 0.161 e. The number of ether oxygens (including phenoxy) is 4. The van der Waals surface area contributed by atoms with E-state index in [4.69, 9.17) is 18.9 Å². The molecule has 0 aliphatic carbocycles. The van der Waals surface area contributed by atoms with Crippen LogP contribution in [-0.4, -0.2) is 33.6 Å². The van der Waals surface area contributed by atoms with Gasteiger partial charge in [-0.15, -0.1) is 0 Å². The van der Waals surface area contributed by atoms with Crippen LogP contribution < -0.4 is 18.9 Å². The SMILES string of the molecule is COc1ccccc1OCP(C)(=O)COc1ccccc1OC. The molecular formula is C17H21O5P. The molecule has 2 aromatic carbocycles. The van der Waals surface area contributed by atoms with Crippen LogP contribution in [0.15, 0.2) is 48.5 Å². The van der Waals surface area contributed by atoms with Crippen LogP contribution in [0.3, 0.4) is 0 Å². The lowest BCUT2D eigenvalue weighted by molar-refractivity contribution is 0.316. The van der Waals surface area contributed by atoms with Gasteiger partial charge in [-0.1, -0.05) is 24.3 Å². The molecule has 0 aliphatic heterocycles. The number of methoxy groups -OCH3 is 2. The van der Waals surface area contributed by atoms with Crippen LogP contribution in [0.25, 0.3) is 0 Å². The predicted molar refractivity (Wildman–Crippen MR) is 90.5 cm³/mol. The molecule has 23 heavy (non-hydrogen) atoms. The maximum Gasteiger partial charge on any atom is 0.161 e. The molecule has 0 aromatic heterocycles. The minimum absolute atomic E-state index is 0.0719. The minimum atomic E-state index is -2.64. The van der Waals surface area contributed by atoms with Gasteiger partial charge in [-0.25, -0.2) is 0 Å². The fourth-order valence-corrected chi connectivity index (χ4v) is 2.82. The van der Waals surface area contributed by atoms with E-state index in [-0.39, 0.29) is 12.7 Å². The summed E-state index contributed by atoms with van der Waals surface area (Å²) in [5.41, 5.74) is 0. The molecule has 0 atom stereocenters. The van der Waals surface area contributed by atoms with Crippen molar-refractivity contribution in [2.75, 3.05) is 33.6 Å². The van der Waals surface area contributed by atoms with Gasteiger partial charge in [0, 0.05) is 0 Å². The highest BCUT2D eigenvalue weighted by Gasteiger charge is 2.19. The standard InChI is InChI=1S/C17H21O5P/c1-19-14-8-4-6-10-16(14)21-12-23(3,18)13-22-17-11-7-5-9-15(17)20-2/h4-11H,12-13H2,1-3H3. The van der Waals surface area contributed by atoms with Gasteiger partial charge in [0.15, 0.2) is 30.1 Å². The summed E-state index contributed by atoms with van der Waals surface area (Å²) in [7, 11) is 0.496. The average molecular weight is 336 g/mol. The first-order valence-electron chi connectivity index (χ1n) is 7.13. The fourth-order valence-electron chi connectivity index (χ4n) is 1.93. The molecule has 2 aromatic rings. The van der Waals surface area contributed by atoms with Crippen molar-refractivity contribution in [2.24, 2.45) is 0 Å².